The van der Waals surface area contributed by atoms with Gasteiger partial charge in [-0.3, -0.25) is 9.69 Å². The summed E-state index contributed by atoms with van der Waals surface area (Å²) in [6, 6.07) is 21.5. The zero-order chi connectivity index (χ0) is 22.1. The Hall–Kier alpha value is -3.05. The van der Waals surface area contributed by atoms with E-state index >= 15 is 0 Å². The Bertz CT molecular complexity index is 1100. The van der Waals surface area contributed by atoms with E-state index in [4.69, 9.17) is 9.47 Å². The molecule has 2 unspecified atom stereocenters. The fraction of sp³-hybridized carbons (Fsp3) is 0.370. The van der Waals surface area contributed by atoms with Crippen molar-refractivity contribution in [1.82, 2.24) is 10.2 Å². The molecule has 2 atom stereocenters. The number of hydrogen-bond donors (Lipinski definition) is 1. The third kappa shape index (κ3) is 3.82. The highest BCUT2D eigenvalue weighted by molar-refractivity contribution is 6.05. The predicted octanol–water partition coefficient (Wildman–Crippen LogP) is 4.78. The quantitative estimate of drug-likeness (QED) is 0.611. The SMILES string of the molecule is COc1cccc2c(OC)c(C(=O)NC3CC4CCC(C3)N4Cc3ccccc3)ccc12. The third-order valence-corrected chi connectivity index (χ3v) is 7.07. The minimum absolute atomic E-state index is 0.0625. The van der Waals surface area contributed by atoms with Crippen molar-refractivity contribution in [1.29, 1.82) is 0 Å². The first kappa shape index (κ1) is 20.8. The van der Waals surface area contributed by atoms with E-state index in [0.717, 1.165) is 35.9 Å². The summed E-state index contributed by atoms with van der Waals surface area (Å²) in [5.74, 6) is 1.31. The van der Waals surface area contributed by atoms with Crippen LogP contribution >= 0.6 is 0 Å². The van der Waals surface area contributed by atoms with E-state index in [2.05, 4.69) is 40.5 Å². The van der Waals surface area contributed by atoms with Gasteiger partial charge in [-0.25, -0.2) is 0 Å². The first-order valence-electron chi connectivity index (χ1n) is 11.4. The number of ether oxygens (including phenoxy) is 2. The number of methoxy groups -OCH3 is 2. The van der Waals surface area contributed by atoms with Crippen molar-refractivity contribution >= 4 is 16.7 Å². The number of nitrogens with zero attached hydrogens (tertiary/aromatic N) is 1. The molecule has 1 N–H and O–H groups in total. The number of piperidine rings is 1. The van der Waals surface area contributed by atoms with Gasteiger partial charge in [0.2, 0.25) is 0 Å². The lowest BCUT2D eigenvalue weighted by atomic mass is 9.96. The smallest absolute Gasteiger partial charge is 0.255 e. The summed E-state index contributed by atoms with van der Waals surface area (Å²) in [6.45, 7) is 0.997. The lowest BCUT2D eigenvalue weighted by Gasteiger charge is -2.39. The maximum absolute atomic E-state index is 13.3. The second-order valence-electron chi connectivity index (χ2n) is 8.89. The zero-order valence-electron chi connectivity index (χ0n) is 18.7. The van der Waals surface area contributed by atoms with E-state index < -0.39 is 0 Å². The summed E-state index contributed by atoms with van der Waals surface area (Å²) in [5.41, 5.74) is 1.94. The molecule has 5 heteroatoms. The van der Waals surface area contributed by atoms with Crippen LogP contribution in [0.3, 0.4) is 0 Å². The average molecular weight is 431 g/mol. The molecule has 5 rings (SSSR count). The molecular weight excluding hydrogens is 400 g/mol. The molecule has 2 bridgehead atoms. The van der Waals surface area contributed by atoms with Gasteiger partial charge >= 0.3 is 0 Å². The standard InChI is InChI=1S/C27H30N2O3/c1-31-25-10-6-9-23-22(25)13-14-24(26(23)32-2)27(30)28-19-15-20-11-12-21(16-19)29(20)17-18-7-4-3-5-8-18/h3-10,13-14,19-21H,11-12,15-17H2,1-2H3,(H,28,30). The van der Waals surface area contributed by atoms with E-state index in [0.29, 0.717) is 23.4 Å². The molecule has 2 aliphatic heterocycles. The Kier molecular flexibility index (Phi) is 5.75. The summed E-state index contributed by atoms with van der Waals surface area (Å²) < 4.78 is 11.2. The fourth-order valence-electron chi connectivity index (χ4n) is 5.59. The normalized spacial score (nSPS) is 22.6. The van der Waals surface area contributed by atoms with Crippen LogP contribution in [0.2, 0.25) is 0 Å². The van der Waals surface area contributed by atoms with Crippen molar-refractivity contribution in [3.63, 3.8) is 0 Å². The van der Waals surface area contributed by atoms with Crippen LogP contribution in [0.4, 0.5) is 0 Å². The van der Waals surface area contributed by atoms with Crippen molar-refractivity contribution in [2.75, 3.05) is 14.2 Å². The first-order valence-corrected chi connectivity index (χ1v) is 11.4. The second-order valence-corrected chi connectivity index (χ2v) is 8.89. The fourth-order valence-corrected chi connectivity index (χ4v) is 5.59. The van der Waals surface area contributed by atoms with Crippen molar-refractivity contribution in [3.05, 3.63) is 71.8 Å². The van der Waals surface area contributed by atoms with Gasteiger partial charge in [0.25, 0.3) is 5.91 Å². The number of nitrogens with one attached hydrogen (secondary N) is 1. The van der Waals surface area contributed by atoms with Gasteiger partial charge in [0.1, 0.15) is 11.5 Å². The van der Waals surface area contributed by atoms with Gasteiger partial charge in [0.05, 0.1) is 19.8 Å². The molecule has 0 saturated carbocycles. The topological polar surface area (TPSA) is 50.8 Å². The minimum atomic E-state index is -0.0625. The number of carbonyl (C=O) groups excluding carboxylic acids is 1. The zero-order valence-corrected chi connectivity index (χ0v) is 18.7. The van der Waals surface area contributed by atoms with E-state index in [1.807, 2.05) is 30.3 Å². The van der Waals surface area contributed by atoms with Crippen LogP contribution < -0.4 is 14.8 Å². The molecule has 2 fully saturated rings. The monoisotopic (exact) mass is 430 g/mol. The van der Waals surface area contributed by atoms with Gasteiger partial charge in [-0.1, -0.05) is 42.5 Å². The largest absolute Gasteiger partial charge is 0.496 e. The Labute approximate surface area is 189 Å². The molecule has 1 amide bonds. The Morgan fingerprint density at radius 1 is 0.906 bits per heavy atom. The lowest BCUT2D eigenvalue weighted by Crippen LogP contribution is -2.50. The van der Waals surface area contributed by atoms with E-state index in [1.165, 1.54) is 18.4 Å². The molecule has 166 valence electrons. The molecule has 3 aromatic carbocycles. The molecule has 5 nitrogen and oxygen atoms in total. The summed E-state index contributed by atoms with van der Waals surface area (Å²) in [7, 11) is 3.27. The first-order chi connectivity index (χ1) is 15.7. The molecule has 2 aliphatic rings. The van der Waals surface area contributed by atoms with Crippen LogP contribution in [0, 0.1) is 0 Å². The van der Waals surface area contributed by atoms with Crippen molar-refractivity contribution in [3.8, 4) is 11.5 Å². The van der Waals surface area contributed by atoms with Gasteiger partial charge in [0, 0.05) is 35.4 Å². The molecule has 32 heavy (non-hydrogen) atoms. The van der Waals surface area contributed by atoms with E-state index in [1.54, 1.807) is 14.2 Å². The lowest BCUT2D eigenvalue weighted by molar-refractivity contribution is 0.0825. The van der Waals surface area contributed by atoms with Crippen molar-refractivity contribution in [2.45, 2.75) is 50.4 Å². The molecular formula is C27H30N2O3. The molecule has 0 aliphatic carbocycles. The molecule has 3 aromatic rings. The molecule has 0 aromatic heterocycles. The minimum Gasteiger partial charge on any atom is -0.496 e. The average Bonchev–Trinajstić information content (AvgIpc) is 3.05. The van der Waals surface area contributed by atoms with Crippen LogP contribution in [0.15, 0.2) is 60.7 Å². The summed E-state index contributed by atoms with van der Waals surface area (Å²) in [6.07, 6.45) is 4.42. The van der Waals surface area contributed by atoms with Gasteiger partial charge < -0.3 is 14.8 Å². The molecule has 0 radical (unpaired) electrons. The highest BCUT2D eigenvalue weighted by Gasteiger charge is 2.41. The molecule has 2 saturated heterocycles. The predicted molar refractivity (Wildman–Crippen MR) is 126 cm³/mol. The Morgan fingerprint density at radius 3 is 2.34 bits per heavy atom. The maximum Gasteiger partial charge on any atom is 0.255 e. The summed E-state index contributed by atoms with van der Waals surface area (Å²) >= 11 is 0. The van der Waals surface area contributed by atoms with Crippen LogP contribution in [0.5, 0.6) is 11.5 Å². The second kappa shape index (κ2) is 8.83. The highest BCUT2D eigenvalue weighted by Crippen LogP contribution is 2.38. The highest BCUT2D eigenvalue weighted by atomic mass is 16.5. The number of hydrogen-bond acceptors (Lipinski definition) is 4. The van der Waals surface area contributed by atoms with Gasteiger partial charge in [-0.2, -0.15) is 0 Å². The number of fused-ring (bicyclic) bond motifs is 3. The van der Waals surface area contributed by atoms with Crippen LogP contribution in [-0.4, -0.2) is 43.2 Å². The van der Waals surface area contributed by atoms with Crippen LogP contribution in [-0.2, 0) is 6.54 Å². The number of rotatable bonds is 6. The Morgan fingerprint density at radius 2 is 1.66 bits per heavy atom. The van der Waals surface area contributed by atoms with E-state index in [-0.39, 0.29) is 11.9 Å². The van der Waals surface area contributed by atoms with Gasteiger partial charge in [-0.05, 0) is 49.4 Å². The molecule has 0 spiro atoms. The van der Waals surface area contributed by atoms with Crippen LogP contribution in [0.25, 0.3) is 10.8 Å². The Balaban J connectivity index is 1.32. The summed E-state index contributed by atoms with van der Waals surface area (Å²) in [5, 5.41) is 5.14. The van der Waals surface area contributed by atoms with Crippen molar-refractivity contribution < 1.29 is 14.3 Å². The third-order valence-electron chi connectivity index (χ3n) is 7.07. The number of amides is 1. The van der Waals surface area contributed by atoms with Crippen LogP contribution in [0.1, 0.15) is 41.6 Å². The maximum atomic E-state index is 13.3. The van der Waals surface area contributed by atoms with Gasteiger partial charge in [-0.15, -0.1) is 0 Å². The summed E-state index contributed by atoms with van der Waals surface area (Å²) in [4.78, 5) is 15.9. The van der Waals surface area contributed by atoms with E-state index in [9.17, 15) is 4.79 Å². The number of benzene rings is 3. The molecule has 2 heterocycles. The van der Waals surface area contributed by atoms with Gasteiger partial charge in [0.15, 0.2) is 0 Å². The van der Waals surface area contributed by atoms with Crippen molar-refractivity contribution in [2.24, 2.45) is 0 Å². The number of carbonyl (C=O) groups is 1.